The van der Waals surface area contributed by atoms with Crippen LogP contribution in [-0.4, -0.2) is 25.0 Å². The molecule has 0 bridgehead atoms. The van der Waals surface area contributed by atoms with Gasteiger partial charge in [-0.3, -0.25) is 0 Å². The minimum atomic E-state index is -0.505. The Morgan fingerprint density at radius 2 is 2.00 bits per heavy atom. The molecule has 5 heteroatoms. The van der Waals surface area contributed by atoms with E-state index in [0.717, 1.165) is 0 Å². The van der Waals surface area contributed by atoms with Gasteiger partial charge in [0, 0.05) is 6.07 Å². The van der Waals surface area contributed by atoms with Crippen LogP contribution in [0.3, 0.4) is 0 Å². The smallest absolute Gasteiger partial charge is 0.344 e. The SMILES string of the molecule is CC(C)(C)OC(=O)COc1ccc2c(c1)OCO2. The van der Waals surface area contributed by atoms with Crippen LogP contribution in [0.2, 0.25) is 0 Å². The van der Waals surface area contributed by atoms with Crippen LogP contribution in [0, 0.1) is 0 Å². The van der Waals surface area contributed by atoms with E-state index < -0.39 is 11.6 Å². The molecule has 0 fully saturated rings. The molecule has 98 valence electrons. The van der Waals surface area contributed by atoms with E-state index in [1.165, 1.54) is 0 Å². The minimum Gasteiger partial charge on any atom is -0.482 e. The monoisotopic (exact) mass is 252 g/mol. The number of ether oxygens (including phenoxy) is 4. The first-order valence-corrected chi connectivity index (χ1v) is 5.68. The van der Waals surface area contributed by atoms with Gasteiger partial charge < -0.3 is 18.9 Å². The molecule has 0 aromatic heterocycles. The Bertz CT molecular complexity index is 447. The van der Waals surface area contributed by atoms with E-state index in [9.17, 15) is 4.79 Å². The number of fused-ring (bicyclic) bond motifs is 1. The van der Waals surface area contributed by atoms with Gasteiger partial charge in [0.05, 0.1) is 0 Å². The van der Waals surface area contributed by atoms with Crippen molar-refractivity contribution in [3.63, 3.8) is 0 Å². The standard InChI is InChI=1S/C13H16O5/c1-13(2,3)18-12(14)7-15-9-4-5-10-11(6-9)17-8-16-10/h4-6H,7-8H2,1-3H3. The van der Waals surface area contributed by atoms with Gasteiger partial charge in [0.25, 0.3) is 0 Å². The van der Waals surface area contributed by atoms with E-state index in [0.29, 0.717) is 17.2 Å². The lowest BCUT2D eigenvalue weighted by atomic mass is 10.2. The molecule has 0 aliphatic carbocycles. The molecule has 1 aliphatic rings. The molecular weight excluding hydrogens is 236 g/mol. The van der Waals surface area contributed by atoms with Gasteiger partial charge in [-0.15, -0.1) is 0 Å². The van der Waals surface area contributed by atoms with Gasteiger partial charge in [-0.25, -0.2) is 4.79 Å². The number of esters is 1. The average Bonchev–Trinajstić information content (AvgIpc) is 2.71. The number of rotatable bonds is 3. The topological polar surface area (TPSA) is 54.0 Å². The zero-order valence-corrected chi connectivity index (χ0v) is 10.7. The van der Waals surface area contributed by atoms with Crippen LogP contribution in [0.25, 0.3) is 0 Å². The lowest BCUT2D eigenvalue weighted by molar-refractivity contribution is -0.157. The van der Waals surface area contributed by atoms with Crippen LogP contribution in [-0.2, 0) is 9.53 Å². The maximum Gasteiger partial charge on any atom is 0.344 e. The highest BCUT2D eigenvalue weighted by Crippen LogP contribution is 2.35. The maximum atomic E-state index is 11.5. The lowest BCUT2D eigenvalue weighted by Gasteiger charge is -2.19. The molecule has 0 atom stereocenters. The summed E-state index contributed by atoms with van der Waals surface area (Å²) >= 11 is 0. The minimum absolute atomic E-state index is 0.128. The largest absolute Gasteiger partial charge is 0.482 e. The molecule has 1 aliphatic heterocycles. The summed E-state index contributed by atoms with van der Waals surface area (Å²) < 4.78 is 20.8. The fourth-order valence-electron chi connectivity index (χ4n) is 1.48. The summed E-state index contributed by atoms with van der Waals surface area (Å²) in [6, 6.07) is 5.15. The highest BCUT2D eigenvalue weighted by Gasteiger charge is 2.18. The summed E-state index contributed by atoms with van der Waals surface area (Å²) in [5, 5.41) is 0. The van der Waals surface area contributed by atoms with E-state index in [1.54, 1.807) is 18.2 Å². The quantitative estimate of drug-likeness (QED) is 0.771. The molecule has 0 spiro atoms. The number of carbonyl (C=O) groups is 1. The average molecular weight is 252 g/mol. The van der Waals surface area contributed by atoms with Gasteiger partial charge in [0.15, 0.2) is 18.1 Å². The van der Waals surface area contributed by atoms with Crippen molar-refractivity contribution in [3.8, 4) is 17.2 Å². The molecule has 1 aromatic carbocycles. The van der Waals surface area contributed by atoms with Crippen LogP contribution < -0.4 is 14.2 Å². The second-order valence-corrected chi connectivity index (χ2v) is 4.89. The van der Waals surface area contributed by atoms with Crippen LogP contribution in [0.5, 0.6) is 17.2 Å². The second-order valence-electron chi connectivity index (χ2n) is 4.89. The fraction of sp³-hybridized carbons (Fsp3) is 0.462. The van der Waals surface area contributed by atoms with Gasteiger partial charge in [-0.2, -0.15) is 0 Å². The third kappa shape index (κ3) is 3.29. The van der Waals surface area contributed by atoms with Gasteiger partial charge >= 0.3 is 5.97 Å². The first kappa shape index (κ1) is 12.5. The molecule has 1 aromatic rings. The summed E-state index contributed by atoms with van der Waals surface area (Å²) in [5.41, 5.74) is -0.505. The molecule has 0 saturated heterocycles. The van der Waals surface area contributed by atoms with Crippen LogP contribution >= 0.6 is 0 Å². The third-order valence-electron chi connectivity index (χ3n) is 2.12. The predicted molar refractivity (Wildman–Crippen MR) is 63.9 cm³/mol. The van der Waals surface area contributed by atoms with Crippen molar-refractivity contribution < 1.29 is 23.7 Å². The Hall–Kier alpha value is -1.91. The summed E-state index contributed by atoms with van der Waals surface area (Å²) in [7, 11) is 0. The van der Waals surface area contributed by atoms with Crippen LogP contribution in [0.15, 0.2) is 18.2 Å². The fourth-order valence-corrected chi connectivity index (χ4v) is 1.48. The van der Waals surface area contributed by atoms with E-state index in [4.69, 9.17) is 18.9 Å². The van der Waals surface area contributed by atoms with Gasteiger partial charge in [-0.05, 0) is 32.9 Å². The Morgan fingerprint density at radius 3 is 2.72 bits per heavy atom. The molecule has 0 unspecified atom stereocenters. The molecule has 1 heterocycles. The van der Waals surface area contributed by atoms with E-state index >= 15 is 0 Å². The maximum absolute atomic E-state index is 11.5. The summed E-state index contributed by atoms with van der Waals surface area (Å²) in [4.78, 5) is 11.5. The first-order valence-electron chi connectivity index (χ1n) is 5.68. The van der Waals surface area contributed by atoms with Crippen LogP contribution in [0.1, 0.15) is 20.8 Å². The highest BCUT2D eigenvalue weighted by molar-refractivity contribution is 5.71. The Morgan fingerprint density at radius 1 is 1.28 bits per heavy atom. The number of hydrogen-bond donors (Lipinski definition) is 0. The van der Waals surface area contributed by atoms with Gasteiger partial charge in [0.2, 0.25) is 6.79 Å². The summed E-state index contributed by atoms with van der Waals surface area (Å²) in [6.07, 6.45) is 0. The summed E-state index contributed by atoms with van der Waals surface area (Å²) in [6.45, 7) is 5.52. The van der Waals surface area contributed by atoms with E-state index in [-0.39, 0.29) is 13.4 Å². The normalized spacial score (nSPS) is 13.3. The Balaban J connectivity index is 1.89. The van der Waals surface area contributed by atoms with Crippen molar-refractivity contribution in [1.82, 2.24) is 0 Å². The highest BCUT2D eigenvalue weighted by atomic mass is 16.7. The van der Waals surface area contributed by atoms with Crippen LogP contribution in [0.4, 0.5) is 0 Å². The lowest BCUT2D eigenvalue weighted by Crippen LogP contribution is -2.27. The number of carbonyl (C=O) groups excluding carboxylic acids is 1. The Kier molecular flexibility index (Phi) is 3.32. The molecule has 5 nitrogen and oxygen atoms in total. The van der Waals surface area contributed by atoms with Crippen molar-refractivity contribution in [1.29, 1.82) is 0 Å². The molecular formula is C13H16O5. The van der Waals surface area contributed by atoms with Crippen molar-refractivity contribution in [2.75, 3.05) is 13.4 Å². The zero-order chi connectivity index (χ0) is 13.2. The van der Waals surface area contributed by atoms with Crippen molar-refractivity contribution in [2.45, 2.75) is 26.4 Å². The van der Waals surface area contributed by atoms with Gasteiger partial charge in [0.1, 0.15) is 11.4 Å². The van der Waals surface area contributed by atoms with Crippen molar-refractivity contribution >= 4 is 5.97 Å². The molecule has 0 radical (unpaired) electrons. The molecule has 0 amide bonds. The van der Waals surface area contributed by atoms with Crippen molar-refractivity contribution in [3.05, 3.63) is 18.2 Å². The van der Waals surface area contributed by atoms with Gasteiger partial charge in [-0.1, -0.05) is 0 Å². The van der Waals surface area contributed by atoms with E-state index in [2.05, 4.69) is 0 Å². The summed E-state index contributed by atoms with van der Waals surface area (Å²) in [5.74, 6) is 1.45. The Labute approximate surface area is 106 Å². The molecule has 0 N–H and O–H groups in total. The number of hydrogen-bond acceptors (Lipinski definition) is 5. The first-order chi connectivity index (χ1) is 8.44. The third-order valence-corrected chi connectivity index (χ3v) is 2.12. The number of benzene rings is 1. The second kappa shape index (κ2) is 4.76. The molecule has 18 heavy (non-hydrogen) atoms. The predicted octanol–water partition coefficient (Wildman–Crippen LogP) is 2.14. The van der Waals surface area contributed by atoms with E-state index in [1.807, 2.05) is 20.8 Å². The van der Waals surface area contributed by atoms with Crippen molar-refractivity contribution in [2.24, 2.45) is 0 Å². The zero-order valence-electron chi connectivity index (χ0n) is 10.7. The molecule has 0 saturated carbocycles. The molecule has 2 rings (SSSR count).